The topological polar surface area (TPSA) is 24.1 Å². The minimum Gasteiger partial charge on any atom is -0.320 e. The molecule has 0 bridgehead atoms. The molecule has 0 aliphatic carbocycles. The molecule has 0 heterocycles. The second-order valence-electron chi connectivity index (χ2n) is 3.54. The Bertz CT molecular complexity index is 233. The van der Waals surface area contributed by atoms with Crippen LogP contribution in [0.15, 0.2) is 30.3 Å². The van der Waals surface area contributed by atoms with E-state index in [0.29, 0.717) is 6.04 Å². The van der Waals surface area contributed by atoms with Crippen molar-refractivity contribution in [1.29, 1.82) is 0 Å². The Morgan fingerprint density at radius 1 is 1.14 bits per heavy atom. The van der Waals surface area contributed by atoms with Crippen LogP contribution in [0.3, 0.4) is 0 Å². The molecule has 1 aromatic rings. The van der Waals surface area contributed by atoms with Gasteiger partial charge in [-0.15, -0.1) is 0 Å². The Hall–Kier alpha value is -0.860. The molecule has 2 N–H and O–H groups in total. The van der Waals surface area contributed by atoms with Crippen molar-refractivity contribution in [1.82, 2.24) is 10.6 Å². The maximum atomic E-state index is 3.49. The monoisotopic (exact) mass is 192 g/mol. The molecule has 0 radical (unpaired) electrons. The van der Waals surface area contributed by atoms with Gasteiger partial charge < -0.3 is 10.6 Å². The molecule has 2 heteroatoms. The minimum absolute atomic E-state index is 0.452. The van der Waals surface area contributed by atoms with Gasteiger partial charge >= 0.3 is 0 Å². The van der Waals surface area contributed by atoms with Crippen LogP contribution < -0.4 is 10.6 Å². The molecule has 0 aliphatic heterocycles. The summed E-state index contributed by atoms with van der Waals surface area (Å²) in [4.78, 5) is 0. The van der Waals surface area contributed by atoms with Gasteiger partial charge in [0.1, 0.15) is 0 Å². The second-order valence-corrected chi connectivity index (χ2v) is 3.54. The zero-order valence-corrected chi connectivity index (χ0v) is 9.09. The van der Waals surface area contributed by atoms with Gasteiger partial charge in [0.05, 0.1) is 0 Å². The van der Waals surface area contributed by atoms with E-state index in [0.717, 1.165) is 13.1 Å². The summed E-state index contributed by atoms with van der Waals surface area (Å²) in [6, 6.07) is 11.0. The Morgan fingerprint density at radius 2 is 1.86 bits per heavy atom. The van der Waals surface area contributed by atoms with Gasteiger partial charge in [0.2, 0.25) is 0 Å². The summed E-state index contributed by atoms with van der Waals surface area (Å²) in [5.41, 5.74) is 1.36. The van der Waals surface area contributed by atoms with Crippen LogP contribution in [-0.4, -0.2) is 20.1 Å². The first-order chi connectivity index (χ1) is 6.84. The fourth-order valence-electron chi connectivity index (χ4n) is 1.44. The molecule has 0 aromatic heterocycles. The lowest BCUT2D eigenvalue weighted by Gasteiger charge is -2.13. The molecule has 1 atom stereocenters. The predicted molar refractivity (Wildman–Crippen MR) is 61.4 cm³/mol. The van der Waals surface area contributed by atoms with E-state index in [1.807, 2.05) is 7.05 Å². The molecular weight excluding hydrogens is 172 g/mol. The van der Waals surface area contributed by atoms with Crippen LogP contribution >= 0.6 is 0 Å². The van der Waals surface area contributed by atoms with Crippen LogP contribution in [0.2, 0.25) is 0 Å². The van der Waals surface area contributed by atoms with Crippen LogP contribution in [0.5, 0.6) is 0 Å². The van der Waals surface area contributed by atoms with Gasteiger partial charge in [0.25, 0.3) is 0 Å². The van der Waals surface area contributed by atoms with Crippen LogP contribution in [0, 0.1) is 0 Å². The van der Waals surface area contributed by atoms with Crippen molar-refractivity contribution in [3.63, 3.8) is 0 Å². The van der Waals surface area contributed by atoms with Gasteiger partial charge in [-0.1, -0.05) is 30.3 Å². The van der Waals surface area contributed by atoms with E-state index in [1.54, 1.807) is 0 Å². The van der Waals surface area contributed by atoms with E-state index < -0.39 is 0 Å². The summed E-state index contributed by atoms with van der Waals surface area (Å²) in [7, 11) is 1.99. The zero-order chi connectivity index (χ0) is 10.2. The normalized spacial score (nSPS) is 12.7. The largest absolute Gasteiger partial charge is 0.320 e. The SMILES string of the molecule is CNCCCN[C@@H](C)c1ccccc1. The van der Waals surface area contributed by atoms with Crippen LogP contribution in [-0.2, 0) is 0 Å². The van der Waals surface area contributed by atoms with Gasteiger partial charge in [-0.05, 0) is 39.0 Å². The lowest BCUT2D eigenvalue weighted by Crippen LogP contribution is -2.22. The quantitative estimate of drug-likeness (QED) is 0.673. The first-order valence-corrected chi connectivity index (χ1v) is 5.27. The molecule has 14 heavy (non-hydrogen) atoms. The van der Waals surface area contributed by atoms with Gasteiger partial charge in [-0.25, -0.2) is 0 Å². The van der Waals surface area contributed by atoms with Crippen LogP contribution in [0.1, 0.15) is 24.9 Å². The Morgan fingerprint density at radius 3 is 2.50 bits per heavy atom. The summed E-state index contributed by atoms with van der Waals surface area (Å²) in [6.45, 7) is 4.35. The molecule has 0 saturated carbocycles. The molecule has 78 valence electrons. The average molecular weight is 192 g/mol. The maximum Gasteiger partial charge on any atom is 0.0291 e. The minimum atomic E-state index is 0.452. The Kier molecular flexibility index (Phi) is 5.27. The molecule has 2 nitrogen and oxygen atoms in total. The predicted octanol–water partition coefficient (Wildman–Crippen LogP) is 1.95. The van der Waals surface area contributed by atoms with Crippen molar-refractivity contribution in [2.75, 3.05) is 20.1 Å². The van der Waals surface area contributed by atoms with E-state index in [1.165, 1.54) is 12.0 Å². The van der Waals surface area contributed by atoms with Gasteiger partial charge in [-0.2, -0.15) is 0 Å². The van der Waals surface area contributed by atoms with Crippen molar-refractivity contribution in [3.8, 4) is 0 Å². The lowest BCUT2D eigenvalue weighted by atomic mass is 10.1. The highest BCUT2D eigenvalue weighted by Gasteiger charge is 2.01. The van der Waals surface area contributed by atoms with E-state index in [-0.39, 0.29) is 0 Å². The zero-order valence-electron chi connectivity index (χ0n) is 9.09. The summed E-state index contributed by atoms with van der Waals surface area (Å²) in [6.07, 6.45) is 1.17. The molecule has 0 unspecified atom stereocenters. The summed E-state index contributed by atoms with van der Waals surface area (Å²) < 4.78 is 0. The van der Waals surface area contributed by atoms with E-state index in [4.69, 9.17) is 0 Å². The number of hydrogen-bond acceptors (Lipinski definition) is 2. The number of rotatable bonds is 6. The molecule has 0 amide bonds. The standard InChI is InChI=1S/C12H20N2/c1-11(14-10-6-9-13-2)12-7-4-3-5-8-12/h3-5,7-8,11,13-14H,6,9-10H2,1-2H3/t11-/m0/s1. The number of hydrogen-bond donors (Lipinski definition) is 2. The van der Waals surface area contributed by atoms with Crippen molar-refractivity contribution in [2.24, 2.45) is 0 Å². The first-order valence-electron chi connectivity index (χ1n) is 5.27. The van der Waals surface area contributed by atoms with E-state index in [9.17, 15) is 0 Å². The molecule has 1 aromatic carbocycles. The summed E-state index contributed by atoms with van der Waals surface area (Å²) in [5, 5.41) is 6.63. The fraction of sp³-hybridized carbons (Fsp3) is 0.500. The number of nitrogens with one attached hydrogen (secondary N) is 2. The summed E-state index contributed by atoms with van der Waals surface area (Å²) in [5.74, 6) is 0. The van der Waals surface area contributed by atoms with Crippen LogP contribution in [0.4, 0.5) is 0 Å². The van der Waals surface area contributed by atoms with Gasteiger partial charge in [0, 0.05) is 6.04 Å². The third kappa shape index (κ3) is 3.90. The number of benzene rings is 1. The lowest BCUT2D eigenvalue weighted by molar-refractivity contribution is 0.549. The Balaban J connectivity index is 2.25. The highest BCUT2D eigenvalue weighted by atomic mass is 14.9. The highest BCUT2D eigenvalue weighted by molar-refractivity contribution is 5.17. The smallest absolute Gasteiger partial charge is 0.0291 e. The average Bonchev–Trinajstić information content (AvgIpc) is 2.25. The van der Waals surface area contributed by atoms with Crippen molar-refractivity contribution in [3.05, 3.63) is 35.9 Å². The fourth-order valence-corrected chi connectivity index (χ4v) is 1.44. The first kappa shape index (κ1) is 11.2. The third-order valence-corrected chi connectivity index (χ3v) is 2.35. The molecule has 0 aliphatic rings. The molecule has 0 fully saturated rings. The molecule has 0 spiro atoms. The summed E-state index contributed by atoms with van der Waals surface area (Å²) >= 11 is 0. The van der Waals surface area contributed by atoms with E-state index >= 15 is 0 Å². The van der Waals surface area contributed by atoms with Crippen molar-refractivity contribution < 1.29 is 0 Å². The van der Waals surface area contributed by atoms with Gasteiger partial charge in [-0.3, -0.25) is 0 Å². The van der Waals surface area contributed by atoms with Crippen molar-refractivity contribution in [2.45, 2.75) is 19.4 Å². The second kappa shape index (κ2) is 6.57. The maximum absolute atomic E-state index is 3.49. The Labute approximate surface area is 86.7 Å². The van der Waals surface area contributed by atoms with Gasteiger partial charge in [0.15, 0.2) is 0 Å². The highest BCUT2D eigenvalue weighted by Crippen LogP contribution is 2.10. The molecule has 0 saturated heterocycles. The van der Waals surface area contributed by atoms with E-state index in [2.05, 4.69) is 47.9 Å². The molecule has 1 rings (SSSR count). The molecular formula is C12H20N2. The van der Waals surface area contributed by atoms with Crippen LogP contribution in [0.25, 0.3) is 0 Å². The van der Waals surface area contributed by atoms with Crippen molar-refractivity contribution >= 4 is 0 Å². The third-order valence-electron chi connectivity index (χ3n) is 2.35.